The van der Waals surface area contributed by atoms with Crippen LogP contribution in [0.15, 0.2) is 35.7 Å². The molecule has 0 bridgehead atoms. The highest BCUT2D eigenvalue weighted by Gasteiger charge is 2.12. The zero-order chi connectivity index (χ0) is 12.3. The van der Waals surface area contributed by atoms with Gasteiger partial charge >= 0.3 is 5.97 Å². The summed E-state index contributed by atoms with van der Waals surface area (Å²) in [4.78, 5) is 11.1. The molecule has 1 aromatic carbocycles. The Labute approximate surface area is 103 Å². The van der Waals surface area contributed by atoms with Gasteiger partial charge < -0.3 is 9.84 Å². The average molecular weight is 248 g/mol. The molecular weight excluding hydrogens is 236 g/mol. The Kier molecular flexibility index (Phi) is 3.44. The Morgan fingerprint density at radius 3 is 2.65 bits per heavy atom. The van der Waals surface area contributed by atoms with Gasteiger partial charge in [-0.3, -0.25) is 0 Å². The van der Waals surface area contributed by atoms with E-state index in [0.29, 0.717) is 12.4 Å². The van der Waals surface area contributed by atoms with Gasteiger partial charge in [-0.1, -0.05) is 29.8 Å². The first-order valence-corrected chi connectivity index (χ1v) is 6.04. The molecule has 88 valence electrons. The third kappa shape index (κ3) is 2.85. The lowest BCUT2D eigenvalue weighted by Gasteiger charge is -2.05. The predicted molar refractivity (Wildman–Crippen MR) is 66.8 cm³/mol. The van der Waals surface area contributed by atoms with Crippen molar-refractivity contribution in [1.29, 1.82) is 0 Å². The van der Waals surface area contributed by atoms with Crippen molar-refractivity contribution in [3.05, 3.63) is 51.7 Å². The van der Waals surface area contributed by atoms with Crippen molar-refractivity contribution in [3.8, 4) is 5.75 Å². The summed E-state index contributed by atoms with van der Waals surface area (Å²) in [6.07, 6.45) is 0. The lowest BCUT2D eigenvalue weighted by Crippen LogP contribution is -2.00. The van der Waals surface area contributed by atoms with Gasteiger partial charge in [0.25, 0.3) is 0 Å². The van der Waals surface area contributed by atoms with Crippen molar-refractivity contribution in [2.75, 3.05) is 0 Å². The third-order valence-electron chi connectivity index (χ3n) is 2.34. The van der Waals surface area contributed by atoms with Gasteiger partial charge in [-0.15, -0.1) is 11.3 Å². The number of carboxylic acid groups (broad SMARTS) is 1. The number of hydrogen-bond acceptors (Lipinski definition) is 3. The van der Waals surface area contributed by atoms with Crippen LogP contribution in [0.2, 0.25) is 0 Å². The molecule has 4 heteroatoms. The molecule has 0 aliphatic carbocycles. The quantitative estimate of drug-likeness (QED) is 0.902. The van der Waals surface area contributed by atoms with Gasteiger partial charge in [0.1, 0.15) is 12.4 Å². The predicted octanol–water partition coefficient (Wildman–Crippen LogP) is 3.33. The molecule has 0 aliphatic rings. The second-order valence-corrected chi connectivity index (χ2v) is 4.61. The summed E-state index contributed by atoms with van der Waals surface area (Å²) in [5, 5.41) is 10.6. The highest BCUT2D eigenvalue weighted by molar-refractivity contribution is 7.12. The first-order chi connectivity index (χ1) is 8.16. The molecule has 0 saturated heterocycles. The lowest BCUT2D eigenvalue weighted by atomic mass is 10.2. The molecule has 0 fully saturated rings. The number of carboxylic acids is 1. The van der Waals surface area contributed by atoms with Crippen LogP contribution in [0.25, 0.3) is 0 Å². The molecule has 1 heterocycles. The number of rotatable bonds is 4. The van der Waals surface area contributed by atoms with E-state index >= 15 is 0 Å². The fourth-order valence-electron chi connectivity index (χ4n) is 1.41. The van der Waals surface area contributed by atoms with E-state index in [0.717, 1.165) is 5.56 Å². The smallest absolute Gasteiger partial charge is 0.349 e. The molecule has 0 spiro atoms. The highest BCUT2D eigenvalue weighted by atomic mass is 32.1. The molecule has 17 heavy (non-hydrogen) atoms. The largest absolute Gasteiger partial charge is 0.487 e. The van der Waals surface area contributed by atoms with Crippen molar-refractivity contribution in [2.45, 2.75) is 13.5 Å². The van der Waals surface area contributed by atoms with Crippen molar-refractivity contribution < 1.29 is 14.6 Å². The maximum Gasteiger partial charge on any atom is 0.349 e. The summed E-state index contributed by atoms with van der Waals surface area (Å²) < 4.78 is 5.49. The summed E-state index contributed by atoms with van der Waals surface area (Å²) >= 11 is 1.17. The molecule has 0 saturated carbocycles. The third-order valence-corrected chi connectivity index (χ3v) is 3.22. The van der Waals surface area contributed by atoms with Crippen LogP contribution in [0.1, 0.15) is 20.8 Å². The van der Waals surface area contributed by atoms with Crippen LogP contribution >= 0.6 is 11.3 Å². The van der Waals surface area contributed by atoms with E-state index in [1.807, 2.05) is 31.2 Å². The number of aryl methyl sites for hydroxylation is 1. The van der Waals surface area contributed by atoms with Gasteiger partial charge in [-0.05, 0) is 23.9 Å². The monoisotopic (exact) mass is 248 g/mol. The standard InChI is InChI=1S/C13H12O3S/c1-9-2-4-10(5-3-9)8-16-11-6-7-17-12(11)13(14)15/h2-7H,8H2,1H3,(H,14,15). The lowest BCUT2D eigenvalue weighted by molar-refractivity contribution is 0.0697. The zero-order valence-electron chi connectivity index (χ0n) is 9.34. The van der Waals surface area contributed by atoms with Crippen molar-refractivity contribution >= 4 is 17.3 Å². The Hall–Kier alpha value is -1.81. The second-order valence-electron chi connectivity index (χ2n) is 3.69. The summed E-state index contributed by atoms with van der Waals surface area (Å²) in [5.74, 6) is -0.512. The van der Waals surface area contributed by atoms with Crippen molar-refractivity contribution in [2.24, 2.45) is 0 Å². The summed E-state index contributed by atoms with van der Waals surface area (Å²) in [6.45, 7) is 2.41. The molecule has 2 rings (SSSR count). The molecule has 0 amide bonds. The van der Waals surface area contributed by atoms with Gasteiger partial charge in [0.15, 0.2) is 4.88 Å². The summed E-state index contributed by atoms with van der Waals surface area (Å²) in [5.41, 5.74) is 2.22. The van der Waals surface area contributed by atoms with Gasteiger partial charge in [0.05, 0.1) is 0 Å². The van der Waals surface area contributed by atoms with E-state index in [2.05, 4.69) is 0 Å². The number of thiophene rings is 1. The Morgan fingerprint density at radius 2 is 2.00 bits per heavy atom. The summed E-state index contributed by atoms with van der Waals surface area (Å²) in [6, 6.07) is 9.64. The van der Waals surface area contributed by atoms with Crippen LogP contribution in [-0.4, -0.2) is 11.1 Å². The number of benzene rings is 1. The van der Waals surface area contributed by atoms with E-state index < -0.39 is 5.97 Å². The minimum Gasteiger partial charge on any atom is -0.487 e. The maximum atomic E-state index is 10.9. The molecular formula is C13H12O3S. The minimum atomic E-state index is -0.945. The Balaban J connectivity index is 2.05. The first-order valence-electron chi connectivity index (χ1n) is 5.16. The maximum absolute atomic E-state index is 10.9. The Morgan fingerprint density at radius 1 is 1.29 bits per heavy atom. The number of aromatic carboxylic acids is 1. The minimum absolute atomic E-state index is 0.247. The normalized spacial score (nSPS) is 10.2. The topological polar surface area (TPSA) is 46.5 Å². The fourth-order valence-corrected chi connectivity index (χ4v) is 2.08. The van der Waals surface area contributed by atoms with Gasteiger partial charge in [0.2, 0.25) is 0 Å². The van der Waals surface area contributed by atoms with E-state index in [-0.39, 0.29) is 4.88 Å². The van der Waals surface area contributed by atoms with Gasteiger partial charge in [-0.2, -0.15) is 0 Å². The SMILES string of the molecule is Cc1ccc(COc2ccsc2C(=O)O)cc1. The number of hydrogen-bond donors (Lipinski definition) is 1. The fraction of sp³-hybridized carbons (Fsp3) is 0.154. The number of carbonyl (C=O) groups is 1. The van der Waals surface area contributed by atoms with Gasteiger partial charge in [0, 0.05) is 0 Å². The molecule has 0 atom stereocenters. The number of ether oxygens (including phenoxy) is 1. The van der Waals surface area contributed by atoms with Crippen LogP contribution in [0.3, 0.4) is 0 Å². The van der Waals surface area contributed by atoms with Gasteiger partial charge in [-0.25, -0.2) is 4.79 Å². The molecule has 1 N–H and O–H groups in total. The molecule has 1 aromatic heterocycles. The van der Waals surface area contributed by atoms with E-state index in [1.54, 1.807) is 11.4 Å². The van der Waals surface area contributed by atoms with E-state index in [4.69, 9.17) is 9.84 Å². The summed E-state index contributed by atoms with van der Waals surface area (Å²) in [7, 11) is 0. The molecule has 0 radical (unpaired) electrons. The van der Waals surface area contributed by atoms with Crippen LogP contribution in [-0.2, 0) is 6.61 Å². The van der Waals surface area contributed by atoms with E-state index in [1.165, 1.54) is 16.9 Å². The molecule has 0 aliphatic heterocycles. The van der Waals surface area contributed by atoms with E-state index in [9.17, 15) is 4.79 Å². The second kappa shape index (κ2) is 5.01. The van der Waals surface area contributed by atoms with Crippen LogP contribution < -0.4 is 4.74 Å². The van der Waals surface area contributed by atoms with Crippen molar-refractivity contribution in [1.82, 2.24) is 0 Å². The molecule has 2 aromatic rings. The van der Waals surface area contributed by atoms with Crippen LogP contribution in [0.5, 0.6) is 5.75 Å². The first kappa shape index (κ1) is 11.7. The Bertz CT molecular complexity index is 514. The molecule has 3 nitrogen and oxygen atoms in total. The zero-order valence-corrected chi connectivity index (χ0v) is 10.2. The van der Waals surface area contributed by atoms with Crippen LogP contribution in [0.4, 0.5) is 0 Å². The van der Waals surface area contributed by atoms with Crippen LogP contribution in [0, 0.1) is 6.92 Å². The average Bonchev–Trinajstić information content (AvgIpc) is 2.76. The molecule has 0 unspecified atom stereocenters. The van der Waals surface area contributed by atoms with Crippen molar-refractivity contribution in [3.63, 3.8) is 0 Å². The highest BCUT2D eigenvalue weighted by Crippen LogP contribution is 2.25.